The van der Waals surface area contributed by atoms with Crippen LogP contribution in [0.25, 0.3) is 61.4 Å². The highest BCUT2D eigenvalue weighted by atomic mass is 16.5. The molecule has 1 heterocycles. The maximum absolute atomic E-state index is 7.25. The van der Waals surface area contributed by atoms with Crippen LogP contribution in [0.4, 0.5) is 17.1 Å². The maximum Gasteiger partial charge on any atom is 0.140 e. The van der Waals surface area contributed by atoms with Gasteiger partial charge in [0, 0.05) is 39.1 Å². The van der Waals surface area contributed by atoms with Gasteiger partial charge in [-0.25, -0.2) is 0 Å². The molecule has 2 nitrogen and oxygen atoms in total. The van der Waals surface area contributed by atoms with Gasteiger partial charge in [-0.2, -0.15) is 0 Å². The number of fused-ring (bicyclic) bond motifs is 13. The van der Waals surface area contributed by atoms with Crippen LogP contribution in [-0.4, -0.2) is 0 Å². The first-order chi connectivity index (χ1) is 32.3. The van der Waals surface area contributed by atoms with Gasteiger partial charge in [0.05, 0.1) is 5.41 Å². The van der Waals surface area contributed by atoms with Gasteiger partial charge >= 0.3 is 0 Å². The Bertz CT molecular complexity index is 3510. The fourth-order valence-corrected chi connectivity index (χ4v) is 11.2. The Balaban J connectivity index is 0.988. The van der Waals surface area contributed by atoms with Gasteiger partial charge in [-0.05, 0) is 116 Å². The highest BCUT2D eigenvalue weighted by Gasteiger charge is 2.52. The van der Waals surface area contributed by atoms with Gasteiger partial charge in [0.1, 0.15) is 11.5 Å². The van der Waals surface area contributed by atoms with Crippen LogP contribution in [0.3, 0.4) is 0 Å². The summed E-state index contributed by atoms with van der Waals surface area (Å²) in [7, 11) is 0. The average Bonchev–Trinajstić information content (AvgIpc) is 3.68. The molecule has 10 aromatic rings. The largest absolute Gasteiger partial charge is 0.455 e. The van der Waals surface area contributed by atoms with Crippen LogP contribution in [0.2, 0.25) is 0 Å². The lowest BCUT2D eigenvalue weighted by Crippen LogP contribution is -2.32. The fraction of sp³-hybridized carbons (Fsp3) is 0.0476. The van der Waals surface area contributed by atoms with Crippen LogP contribution in [0.5, 0.6) is 11.5 Å². The van der Waals surface area contributed by atoms with Crippen LogP contribution in [0.15, 0.2) is 231 Å². The normalized spacial score (nSPS) is 15.1. The minimum atomic E-state index is -0.593. The van der Waals surface area contributed by atoms with Crippen molar-refractivity contribution in [2.45, 2.75) is 18.3 Å². The number of hydrogen-bond donors (Lipinski definition) is 0. The monoisotopic (exact) mass is 829 g/mol. The predicted molar refractivity (Wildman–Crippen MR) is 270 cm³/mol. The first-order valence-electron chi connectivity index (χ1n) is 22.7. The Hall–Kier alpha value is -8.20. The molecule has 10 aromatic carbocycles. The molecule has 1 aliphatic heterocycles. The average molecular weight is 830 g/mol. The molecule has 2 aliphatic carbocycles. The van der Waals surface area contributed by atoms with E-state index < -0.39 is 5.41 Å². The third-order valence-corrected chi connectivity index (χ3v) is 14.0. The molecule has 0 radical (unpaired) electrons. The van der Waals surface area contributed by atoms with Crippen molar-refractivity contribution in [2.24, 2.45) is 0 Å². The van der Waals surface area contributed by atoms with Crippen LogP contribution in [-0.2, 0) is 11.8 Å². The number of benzene rings is 10. The van der Waals surface area contributed by atoms with Crippen molar-refractivity contribution in [1.29, 1.82) is 0 Å². The molecule has 0 N–H and O–H groups in total. The molecule has 0 saturated heterocycles. The fourth-order valence-electron chi connectivity index (χ4n) is 11.2. The summed E-state index contributed by atoms with van der Waals surface area (Å²) >= 11 is 0. The van der Waals surface area contributed by atoms with E-state index in [1.807, 2.05) is 0 Å². The van der Waals surface area contributed by atoms with Gasteiger partial charge < -0.3 is 9.64 Å². The second-order valence-electron chi connectivity index (χ2n) is 17.4. The van der Waals surface area contributed by atoms with E-state index in [-0.39, 0.29) is 0 Å². The number of nitrogens with zero attached hydrogens (tertiary/aromatic N) is 1. The molecule has 306 valence electrons. The Labute approximate surface area is 380 Å². The number of para-hydroxylation sites is 1. The van der Waals surface area contributed by atoms with E-state index in [4.69, 9.17) is 4.74 Å². The third-order valence-electron chi connectivity index (χ3n) is 14.0. The maximum atomic E-state index is 7.25. The van der Waals surface area contributed by atoms with Crippen molar-refractivity contribution in [2.75, 3.05) is 4.90 Å². The SMILES string of the molecule is C1=Cc2c(ccc3c2Oc2c(ccc4ccccc24)C32c3ccccc3-c3c(-c4cccc(N(c5ccccc5)c5ccc(-c6ccccc6-c6ccccc6)cc5)c4)cccc32)CC1. The molecule has 0 bridgehead atoms. The van der Waals surface area contributed by atoms with E-state index in [0.29, 0.717) is 0 Å². The summed E-state index contributed by atoms with van der Waals surface area (Å²) in [6.07, 6.45) is 6.65. The molecule has 2 heteroatoms. The Morgan fingerprint density at radius 3 is 1.83 bits per heavy atom. The van der Waals surface area contributed by atoms with E-state index in [9.17, 15) is 0 Å². The van der Waals surface area contributed by atoms with Gasteiger partial charge in [0.25, 0.3) is 0 Å². The van der Waals surface area contributed by atoms with Crippen LogP contribution in [0, 0.1) is 0 Å². The minimum absolute atomic E-state index is 0.593. The van der Waals surface area contributed by atoms with Crippen LogP contribution >= 0.6 is 0 Å². The molecule has 0 fully saturated rings. The highest BCUT2D eigenvalue weighted by molar-refractivity contribution is 6.00. The Morgan fingerprint density at radius 1 is 0.400 bits per heavy atom. The van der Waals surface area contributed by atoms with Crippen LogP contribution in [0.1, 0.15) is 39.8 Å². The third kappa shape index (κ3) is 5.74. The molecule has 0 amide bonds. The highest BCUT2D eigenvalue weighted by Crippen LogP contribution is 2.65. The predicted octanol–water partition coefficient (Wildman–Crippen LogP) is 16.7. The van der Waals surface area contributed by atoms with Crippen molar-refractivity contribution < 1.29 is 4.74 Å². The summed E-state index contributed by atoms with van der Waals surface area (Å²) in [5.74, 6) is 1.93. The lowest BCUT2D eigenvalue weighted by atomic mass is 9.65. The Kier molecular flexibility index (Phi) is 8.60. The number of rotatable bonds is 6. The standard InChI is InChI=1S/C63H43NO/c1-3-17-42(18-4-1)50-25-11-12-26-51(50)45-33-37-48(38-34-45)64(47-22-5-2-6-23-47)49-24-15-21-46(41-49)52-30-16-32-57-60(52)55-29-13-14-31-56(55)63(57)58-39-35-43-19-7-9-27-53(43)61(58)65-62-54-28-10-8-20-44(54)36-40-59(62)63/h1-7,9-19,21-41H,8,20H2. The van der Waals surface area contributed by atoms with Crippen molar-refractivity contribution in [3.8, 4) is 56.0 Å². The van der Waals surface area contributed by atoms with Crippen LogP contribution < -0.4 is 9.64 Å². The summed E-state index contributed by atoms with van der Waals surface area (Å²) in [5.41, 5.74) is 20.0. The lowest BCUT2D eigenvalue weighted by molar-refractivity contribution is 0.439. The molecule has 1 unspecified atom stereocenters. The number of hydrogen-bond acceptors (Lipinski definition) is 2. The lowest BCUT2D eigenvalue weighted by Gasteiger charge is -2.41. The zero-order valence-corrected chi connectivity index (χ0v) is 35.8. The summed E-state index contributed by atoms with van der Waals surface area (Å²) in [4.78, 5) is 2.38. The van der Waals surface area contributed by atoms with Crippen molar-refractivity contribution >= 4 is 33.9 Å². The first-order valence-corrected chi connectivity index (χ1v) is 22.7. The summed E-state index contributed by atoms with van der Waals surface area (Å²) in [6, 6.07) is 82.3. The number of allylic oxidation sites excluding steroid dienone is 1. The molecule has 1 atom stereocenters. The molecule has 65 heavy (non-hydrogen) atoms. The number of ether oxygens (including phenoxy) is 1. The van der Waals surface area contributed by atoms with E-state index in [2.05, 4.69) is 242 Å². The second-order valence-corrected chi connectivity index (χ2v) is 17.4. The van der Waals surface area contributed by atoms with Crippen molar-refractivity contribution in [3.63, 3.8) is 0 Å². The van der Waals surface area contributed by atoms with Gasteiger partial charge in [-0.15, -0.1) is 0 Å². The molecule has 3 aliphatic rings. The summed E-state index contributed by atoms with van der Waals surface area (Å²) in [6.45, 7) is 0. The van der Waals surface area contributed by atoms with E-state index in [0.717, 1.165) is 46.8 Å². The number of anilines is 3. The van der Waals surface area contributed by atoms with E-state index in [1.54, 1.807) is 0 Å². The van der Waals surface area contributed by atoms with E-state index >= 15 is 0 Å². The molecule has 1 spiro atoms. The van der Waals surface area contributed by atoms with Gasteiger partial charge in [-0.3, -0.25) is 0 Å². The molecule has 13 rings (SSSR count). The minimum Gasteiger partial charge on any atom is -0.455 e. The molecule has 0 saturated carbocycles. The van der Waals surface area contributed by atoms with Crippen molar-refractivity contribution in [3.05, 3.63) is 264 Å². The van der Waals surface area contributed by atoms with Crippen molar-refractivity contribution in [1.82, 2.24) is 0 Å². The summed E-state index contributed by atoms with van der Waals surface area (Å²) in [5, 5.41) is 2.31. The smallest absolute Gasteiger partial charge is 0.140 e. The first kappa shape index (κ1) is 37.4. The zero-order chi connectivity index (χ0) is 42.9. The Morgan fingerprint density at radius 2 is 1.00 bits per heavy atom. The topological polar surface area (TPSA) is 12.5 Å². The molecular weight excluding hydrogens is 787 g/mol. The molecule has 0 aromatic heterocycles. The van der Waals surface area contributed by atoms with Gasteiger partial charge in [0.2, 0.25) is 0 Å². The number of aryl methyl sites for hydroxylation is 1. The second kappa shape index (κ2) is 15.0. The quantitative estimate of drug-likeness (QED) is 0.166. The zero-order valence-electron chi connectivity index (χ0n) is 35.8. The summed E-state index contributed by atoms with van der Waals surface area (Å²) < 4.78 is 7.25. The van der Waals surface area contributed by atoms with Gasteiger partial charge in [-0.1, -0.05) is 200 Å². The van der Waals surface area contributed by atoms with Gasteiger partial charge in [0.15, 0.2) is 0 Å². The molecular formula is C63H43NO. The van der Waals surface area contributed by atoms with E-state index in [1.165, 1.54) is 83.3 Å².